The van der Waals surface area contributed by atoms with E-state index in [1.807, 2.05) is 13.8 Å². The fourth-order valence-corrected chi connectivity index (χ4v) is 2.00. The van der Waals surface area contributed by atoms with E-state index < -0.39 is 5.97 Å². The fraction of sp³-hybridized carbons (Fsp3) is 0.833. The first-order valence-electron chi connectivity index (χ1n) is 6.14. The van der Waals surface area contributed by atoms with Crippen molar-refractivity contribution in [3.8, 4) is 0 Å². The molecular formula is C12H21NO4. The molecule has 0 aromatic carbocycles. The summed E-state index contributed by atoms with van der Waals surface area (Å²) in [6.45, 7) is 4.79. The smallest absolute Gasteiger partial charge is 0.303 e. The lowest BCUT2D eigenvalue weighted by molar-refractivity contribution is -0.138. The molecular weight excluding hydrogens is 222 g/mol. The summed E-state index contributed by atoms with van der Waals surface area (Å²) in [7, 11) is 0. The molecule has 5 heteroatoms. The van der Waals surface area contributed by atoms with E-state index in [4.69, 9.17) is 9.84 Å². The lowest BCUT2D eigenvalue weighted by atomic mass is 10.0. The Labute approximate surface area is 102 Å². The molecule has 17 heavy (non-hydrogen) atoms. The average molecular weight is 243 g/mol. The minimum Gasteiger partial charge on any atom is -0.481 e. The Hall–Kier alpha value is -1.10. The average Bonchev–Trinajstić information content (AvgIpc) is 2.70. The summed E-state index contributed by atoms with van der Waals surface area (Å²) in [6.07, 6.45) is 1.76. The van der Waals surface area contributed by atoms with E-state index in [1.165, 1.54) is 0 Å². The standard InChI is InChI=1S/C12H21NO4/c1-3-9(5-11(14)15)6-13-12(16)10-4-8(2)17-7-10/h8-10H,3-7H2,1-2H3,(H,13,16)(H,14,15). The Bertz CT molecular complexity index is 280. The minimum absolute atomic E-state index is 0.0104. The number of nitrogens with one attached hydrogen (secondary N) is 1. The van der Waals surface area contributed by atoms with E-state index in [9.17, 15) is 9.59 Å². The van der Waals surface area contributed by atoms with Gasteiger partial charge in [-0.15, -0.1) is 0 Å². The summed E-state index contributed by atoms with van der Waals surface area (Å²) < 4.78 is 5.33. The zero-order valence-electron chi connectivity index (χ0n) is 10.4. The Balaban J connectivity index is 2.28. The van der Waals surface area contributed by atoms with Gasteiger partial charge in [0.2, 0.25) is 5.91 Å². The number of hydrogen-bond donors (Lipinski definition) is 2. The van der Waals surface area contributed by atoms with Crippen LogP contribution in [0.2, 0.25) is 0 Å². The maximum atomic E-state index is 11.8. The van der Waals surface area contributed by atoms with Gasteiger partial charge in [-0.2, -0.15) is 0 Å². The molecule has 0 spiro atoms. The molecule has 1 aliphatic heterocycles. The molecule has 2 N–H and O–H groups in total. The second-order valence-corrected chi connectivity index (χ2v) is 4.69. The van der Waals surface area contributed by atoms with E-state index in [0.717, 1.165) is 12.8 Å². The molecule has 98 valence electrons. The van der Waals surface area contributed by atoms with E-state index in [0.29, 0.717) is 13.2 Å². The predicted molar refractivity (Wildman–Crippen MR) is 62.6 cm³/mol. The van der Waals surface area contributed by atoms with Crippen LogP contribution in [-0.2, 0) is 14.3 Å². The number of carboxylic acids is 1. The van der Waals surface area contributed by atoms with Crippen molar-refractivity contribution in [3.63, 3.8) is 0 Å². The fourth-order valence-electron chi connectivity index (χ4n) is 2.00. The van der Waals surface area contributed by atoms with Gasteiger partial charge < -0.3 is 15.2 Å². The highest BCUT2D eigenvalue weighted by Gasteiger charge is 2.28. The number of rotatable bonds is 6. The molecule has 3 unspecified atom stereocenters. The molecule has 0 saturated carbocycles. The van der Waals surface area contributed by atoms with Crippen LogP contribution in [-0.4, -0.2) is 36.2 Å². The normalized spacial score (nSPS) is 25.5. The summed E-state index contributed by atoms with van der Waals surface area (Å²) in [5.41, 5.74) is 0. The van der Waals surface area contributed by atoms with Crippen LogP contribution in [0, 0.1) is 11.8 Å². The first-order valence-corrected chi connectivity index (χ1v) is 6.14. The van der Waals surface area contributed by atoms with Gasteiger partial charge in [-0.05, 0) is 19.3 Å². The number of carboxylic acid groups (broad SMARTS) is 1. The minimum atomic E-state index is -0.816. The van der Waals surface area contributed by atoms with Crippen molar-refractivity contribution in [2.45, 2.75) is 39.2 Å². The van der Waals surface area contributed by atoms with Gasteiger partial charge in [0.15, 0.2) is 0 Å². The molecule has 3 atom stereocenters. The molecule has 1 fully saturated rings. The molecule has 1 aliphatic rings. The van der Waals surface area contributed by atoms with Gasteiger partial charge in [0.05, 0.1) is 18.6 Å². The van der Waals surface area contributed by atoms with Crippen LogP contribution in [0.3, 0.4) is 0 Å². The molecule has 0 radical (unpaired) electrons. The second kappa shape index (κ2) is 6.59. The number of ether oxygens (including phenoxy) is 1. The van der Waals surface area contributed by atoms with Crippen LogP contribution < -0.4 is 5.32 Å². The third kappa shape index (κ3) is 4.73. The lowest BCUT2D eigenvalue weighted by Crippen LogP contribution is -2.35. The summed E-state index contributed by atoms with van der Waals surface area (Å²) in [4.78, 5) is 22.3. The summed E-state index contributed by atoms with van der Waals surface area (Å²) in [6, 6.07) is 0. The van der Waals surface area contributed by atoms with Crippen molar-refractivity contribution in [1.29, 1.82) is 0 Å². The maximum absolute atomic E-state index is 11.8. The second-order valence-electron chi connectivity index (χ2n) is 4.69. The van der Waals surface area contributed by atoms with Gasteiger partial charge in [-0.3, -0.25) is 9.59 Å². The largest absolute Gasteiger partial charge is 0.481 e. The van der Waals surface area contributed by atoms with Gasteiger partial charge in [0, 0.05) is 13.0 Å². The Morgan fingerprint density at radius 3 is 2.71 bits per heavy atom. The molecule has 5 nitrogen and oxygen atoms in total. The van der Waals surface area contributed by atoms with Crippen molar-refractivity contribution >= 4 is 11.9 Å². The topological polar surface area (TPSA) is 75.6 Å². The summed E-state index contributed by atoms with van der Waals surface area (Å²) >= 11 is 0. The van der Waals surface area contributed by atoms with Crippen molar-refractivity contribution in [2.24, 2.45) is 11.8 Å². The SMILES string of the molecule is CCC(CNC(=O)C1COC(C)C1)CC(=O)O. The lowest BCUT2D eigenvalue weighted by Gasteiger charge is -2.15. The quantitative estimate of drug-likeness (QED) is 0.730. The molecule has 1 heterocycles. The number of hydrogen-bond acceptors (Lipinski definition) is 3. The van der Waals surface area contributed by atoms with Crippen LogP contribution in [0.1, 0.15) is 33.1 Å². The maximum Gasteiger partial charge on any atom is 0.303 e. The molecule has 0 aromatic rings. The monoisotopic (exact) mass is 243 g/mol. The number of aliphatic carboxylic acids is 1. The van der Waals surface area contributed by atoms with Crippen LogP contribution >= 0.6 is 0 Å². The Morgan fingerprint density at radius 2 is 2.24 bits per heavy atom. The first-order chi connectivity index (χ1) is 8.02. The number of carbonyl (C=O) groups is 2. The van der Waals surface area contributed by atoms with Gasteiger partial charge in [-0.25, -0.2) is 0 Å². The van der Waals surface area contributed by atoms with Gasteiger partial charge in [0.25, 0.3) is 0 Å². The highest BCUT2D eigenvalue weighted by molar-refractivity contribution is 5.79. The van der Waals surface area contributed by atoms with Crippen molar-refractivity contribution in [3.05, 3.63) is 0 Å². The van der Waals surface area contributed by atoms with Crippen molar-refractivity contribution < 1.29 is 19.4 Å². The van der Waals surface area contributed by atoms with E-state index in [-0.39, 0.29) is 30.3 Å². The third-order valence-corrected chi connectivity index (χ3v) is 3.17. The third-order valence-electron chi connectivity index (χ3n) is 3.17. The summed E-state index contributed by atoms with van der Waals surface area (Å²) in [5, 5.41) is 11.5. The van der Waals surface area contributed by atoms with Crippen molar-refractivity contribution in [1.82, 2.24) is 5.32 Å². The number of amides is 1. The van der Waals surface area contributed by atoms with Gasteiger partial charge in [-0.1, -0.05) is 13.3 Å². The molecule has 0 aromatic heterocycles. The highest BCUT2D eigenvalue weighted by Crippen LogP contribution is 2.19. The molecule has 0 aliphatic carbocycles. The molecule has 0 bridgehead atoms. The molecule has 1 amide bonds. The first kappa shape index (κ1) is 14.0. The Kier molecular flexibility index (Phi) is 5.41. The van der Waals surface area contributed by atoms with Crippen LogP contribution in [0.15, 0.2) is 0 Å². The van der Waals surface area contributed by atoms with Crippen LogP contribution in [0.5, 0.6) is 0 Å². The van der Waals surface area contributed by atoms with E-state index in [2.05, 4.69) is 5.32 Å². The molecule has 1 rings (SSSR count). The highest BCUT2D eigenvalue weighted by atomic mass is 16.5. The van der Waals surface area contributed by atoms with Gasteiger partial charge >= 0.3 is 5.97 Å². The van der Waals surface area contributed by atoms with E-state index in [1.54, 1.807) is 0 Å². The zero-order valence-corrected chi connectivity index (χ0v) is 10.4. The van der Waals surface area contributed by atoms with Crippen LogP contribution in [0.4, 0.5) is 0 Å². The van der Waals surface area contributed by atoms with Gasteiger partial charge in [0.1, 0.15) is 0 Å². The zero-order chi connectivity index (χ0) is 12.8. The number of carbonyl (C=O) groups excluding carboxylic acids is 1. The molecule has 1 saturated heterocycles. The van der Waals surface area contributed by atoms with Crippen molar-refractivity contribution in [2.75, 3.05) is 13.2 Å². The Morgan fingerprint density at radius 1 is 1.53 bits per heavy atom. The van der Waals surface area contributed by atoms with Crippen LogP contribution in [0.25, 0.3) is 0 Å². The van der Waals surface area contributed by atoms with E-state index >= 15 is 0 Å². The summed E-state index contributed by atoms with van der Waals surface area (Å²) in [5.74, 6) is -0.898. The predicted octanol–water partition coefficient (Wildman–Crippen LogP) is 1.03.